The first kappa shape index (κ1) is 16.8. The van der Waals surface area contributed by atoms with Gasteiger partial charge in [0.1, 0.15) is 0 Å². The van der Waals surface area contributed by atoms with E-state index in [4.69, 9.17) is 4.43 Å². The zero-order valence-corrected chi connectivity index (χ0v) is 16.0. The molecule has 2 heteroatoms. The summed E-state index contributed by atoms with van der Waals surface area (Å²) in [6.07, 6.45) is 0.256. The number of hydrogen-bond donors (Lipinski definition) is 0. The van der Waals surface area contributed by atoms with E-state index in [2.05, 4.69) is 85.7 Å². The molecule has 0 aromatic heterocycles. The first-order chi connectivity index (χ1) is 9.52. The van der Waals surface area contributed by atoms with Crippen LogP contribution < -0.4 is 0 Å². The summed E-state index contributed by atoms with van der Waals surface area (Å²) in [6, 6.07) is 10.8. The molecule has 1 aliphatic rings. The Balaban J connectivity index is 2.51. The zero-order valence-electron chi connectivity index (χ0n) is 15.0. The smallest absolute Gasteiger partial charge is 0.207 e. The lowest BCUT2D eigenvalue weighted by atomic mass is 9.95. The predicted molar refractivity (Wildman–Crippen MR) is 94.0 cm³/mol. The van der Waals surface area contributed by atoms with Crippen molar-refractivity contribution in [3.63, 3.8) is 0 Å². The molecule has 1 heterocycles. The van der Waals surface area contributed by atoms with E-state index in [1.807, 2.05) is 0 Å². The topological polar surface area (TPSA) is 9.23 Å². The van der Waals surface area contributed by atoms with E-state index in [1.165, 1.54) is 5.56 Å². The van der Waals surface area contributed by atoms with Crippen LogP contribution in [-0.2, 0) is 4.43 Å². The molecule has 21 heavy (non-hydrogen) atoms. The highest BCUT2D eigenvalue weighted by atomic mass is 28.4. The molecule has 1 aliphatic heterocycles. The normalized spacial score (nSPS) is 29.6. The third-order valence-corrected chi connectivity index (χ3v) is 12.5. The highest BCUT2D eigenvalue weighted by molar-refractivity contribution is 6.81. The van der Waals surface area contributed by atoms with Gasteiger partial charge in [0.25, 0.3) is 0 Å². The van der Waals surface area contributed by atoms with E-state index in [0.29, 0.717) is 11.5 Å². The van der Waals surface area contributed by atoms with Crippen LogP contribution in [0.25, 0.3) is 0 Å². The third kappa shape index (κ3) is 2.51. The summed E-state index contributed by atoms with van der Waals surface area (Å²) in [5, 5.41) is 0.477. The molecule has 0 unspecified atom stereocenters. The maximum atomic E-state index is 7.03. The highest BCUT2D eigenvalue weighted by Crippen LogP contribution is 2.66. The van der Waals surface area contributed by atoms with Crippen LogP contribution in [0.4, 0.5) is 0 Å². The fourth-order valence-electron chi connectivity index (χ4n) is 4.91. The second kappa shape index (κ2) is 5.24. The van der Waals surface area contributed by atoms with Crippen LogP contribution in [0.5, 0.6) is 0 Å². The summed E-state index contributed by atoms with van der Waals surface area (Å²) in [4.78, 5) is 0. The van der Waals surface area contributed by atoms with Crippen molar-refractivity contribution in [3.8, 4) is 0 Å². The molecule has 0 bridgehead atoms. The average Bonchev–Trinajstić information content (AvgIpc) is 2.64. The molecule has 0 radical (unpaired) electrons. The minimum atomic E-state index is -1.95. The zero-order chi connectivity index (χ0) is 16.1. The van der Waals surface area contributed by atoms with Crippen LogP contribution in [0.3, 0.4) is 0 Å². The van der Waals surface area contributed by atoms with Crippen LogP contribution >= 0.6 is 0 Å². The fourth-order valence-corrected chi connectivity index (χ4v) is 12.5. The standard InChI is InChI=1S/C19H32OSi/c1-14-15(2)21(18(3,4)5,19(6,7)8)20-17(14)16-12-10-9-11-13-16/h9-15,17H,1-8H3/t14-,15-,17+/m1/s1. The fraction of sp³-hybridized carbons (Fsp3) is 0.684. The van der Waals surface area contributed by atoms with Gasteiger partial charge in [-0.2, -0.15) is 0 Å². The molecule has 0 N–H and O–H groups in total. The lowest BCUT2D eigenvalue weighted by molar-refractivity contribution is 0.168. The number of rotatable bonds is 1. The molecule has 2 rings (SSSR count). The van der Waals surface area contributed by atoms with E-state index in [0.717, 1.165) is 0 Å². The van der Waals surface area contributed by atoms with Crippen molar-refractivity contribution >= 4 is 8.32 Å². The molecule has 3 atom stereocenters. The summed E-state index contributed by atoms with van der Waals surface area (Å²) >= 11 is 0. The van der Waals surface area contributed by atoms with Crippen LogP contribution in [0.1, 0.15) is 67.1 Å². The SMILES string of the molecule is C[C@H]1[C@@H](c2ccccc2)O[Si](C(C)(C)C)(C(C)(C)C)[C@@H]1C. The van der Waals surface area contributed by atoms with Gasteiger partial charge in [0.15, 0.2) is 0 Å². The van der Waals surface area contributed by atoms with Crippen molar-refractivity contribution in [2.45, 2.75) is 77.1 Å². The van der Waals surface area contributed by atoms with Gasteiger partial charge in [-0.05, 0) is 27.1 Å². The first-order valence-corrected chi connectivity index (χ1v) is 10.2. The lowest BCUT2D eigenvalue weighted by Crippen LogP contribution is -2.54. The Labute approximate surface area is 132 Å². The molecule has 1 aromatic carbocycles. The summed E-state index contributed by atoms with van der Waals surface area (Å²) in [7, 11) is -1.95. The molecule has 1 aromatic rings. The van der Waals surface area contributed by atoms with Crippen molar-refractivity contribution < 1.29 is 4.43 Å². The molecular weight excluding hydrogens is 272 g/mol. The summed E-state index contributed by atoms with van der Waals surface area (Å²) in [6.45, 7) is 19.2. The van der Waals surface area contributed by atoms with Gasteiger partial charge < -0.3 is 4.43 Å². The van der Waals surface area contributed by atoms with Crippen molar-refractivity contribution in [2.24, 2.45) is 5.92 Å². The third-order valence-electron chi connectivity index (χ3n) is 5.58. The Hall–Kier alpha value is -0.603. The summed E-state index contributed by atoms with van der Waals surface area (Å²) in [5.74, 6) is 0.581. The molecule has 1 saturated heterocycles. The maximum Gasteiger partial charge on any atom is 0.207 e. The van der Waals surface area contributed by atoms with Crippen LogP contribution in [0.15, 0.2) is 30.3 Å². The Morgan fingerprint density at radius 3 is 1.71 bits per heavy atom. The Kier molecular flexibility index (Phi) is 4.18. The van der Waals surface area contributed by atoms with E-state index in [9.17, 15) is 0 Å². The second-order valence-corrected chi connectivity index (χ2v) is 14.5. The molecule has 0 amide bonds. The minimum Gasteiger partial charge on any atom is -0.408 e. The highest BCUT2D eigenvalue weighted by Gasteiger charge is 2.65. The van der Waals surface area contributed by atoms with Crippen molar-refractivity contribution in [3.05, 3.63) is 35.9 Å². The van der Waals surface area contributed by atoms with Crippen molar-refractivity contribution in [2.75, 3.05) is 0 Å². The van der Waals surface area contributed by atoms with Crippen LogP contribution in [0.2, 0.25) is 15.6 Å². The Bertz CT molecular complexity index is 467. The molecule has 1 nitrogen and oxygen atoms in total. The Morgan fingerprint density at radius 1 is 0.857 bits per heavy atom. The number of benzene rings is 1. The second-order valence-electron chi connectivity index (χ2n) is 8.83. The van der Waals surface area contributed by atoms with E-state index >= 15 is 0 Å². The molecule has 118 valence electrons. The molecular formula is C19H32OSi. The summed E-state index contributed by atoms with van der Waals surface area (Å²) < 4.78 is 7.03. The van der Waals surface area contributed by atoms with Gasteiger partial charge in [-0.15, -0.1) is 0 Å². The largest absolute Gasteiger partial charge is 0.408 e. The summed E-state index contributed by atoms with van der Waals surface area (Å²) in [5.41, 5.74) is 2.00. The van der Waals surface area contributed by atoms with Crippen molar-refractivity contribution in [1.82, 2.24) is 0 Å². The molecule has 0 saturated carbocycles. The van der Waals surface area contributed by atoms with Gasteiger partial charge in [0.05, 0.1) is 6.10 Å². The average molecular weight is 305 g/mol. The van der Waals surface area contributed by atoms with Gasteiger partial charge in [-0.1, -0.05) is 85.7 Å². The van der Waals surface area contributed by atoms with Gasteiger partial charge in [-0.3, -0.25) is 0 Å². The Morgan fingerprint density at radius 2 is 1.33 bits per heavy atom. The van der Waals surface area contributed by atoms with Crippen LogP contribution in [0, 0.1) is 5.92 Å². The van der Waals surface area contributed by atoms with Gasteiger partial charge in [0.2, 0.25) is 8.32 Å². The molecule has 0 spiro atoms. The molecule has 1 fully saturated rings. The quantitative estimate of drug-likeness (QED) is 0.551. The van der Waals surface area contributed by atoms with Gasteiger partial charge in [0, 0.05) is 0 Å². The molecule has 0 aliphatic carbocycles. The van der Waals surface area contributed by atoms with Gasteiger partial charge in [-0.25, -0.2) is 0 Å². The number of hydrogen-bond acceptors (Lipinski definition) is 1. The first-order valence-electron chi connectivity index (χ1n) is 8.25. The minimum absolute atomic E-state index is 0.239. The lowest BCUT2D eigenvalue weighted by Gasteiger charge is -2.51. The van der Waals surface area contributed by atoms with E-state index < -0.39 is 8.32 Å². The van der Waals surface area contributed by atoms with E-state index in [1.54, 1.807) is 0 Å². The maximum absolute atomic E-state index is 7.03. The monoisotopic (exact) mass is 304 g/mol. The van der Waals surface area contributed by atoms with Gasteiger partial charge >= 0.3 is 0 Å². The predicted octanol–water partition coefficient (Wildman–Crippen LogP) is 6.33. The van der Waals surface area contributed by atoms with Crippen LogP contribution in [-0.4, -0.2) is 8.32 Å². The van der Waals surface area contributed by atoms with Crippen molar-refractivity contribution in [1.29, 1.82) is 0 Å². The van der Waals surface area contributed by atoms with E-state index in [-0.39, 0.29) is 16.2 Å².